The van der Waals surface area contributed by atoms with E-state index in [-0.39, 0.29) is 18.1 Å². The Morgan fingerprint density at radius 3 is 2.61 bits per heavy atom. The normalized spacial score (nSPS) is 16.2. The fraction of sp³-hybridized carbons (Fsp3) is 0.417. The van der Waals surface area contributed by atoms with Crippen LogP contribution in [0.15, 0.2) is 51.7 Å². The van der Waals surface area contributed by atoms with E-state index >= 15 is 0 Å². The van der Waals surface area contributed by atoms with Gasteiger partial charge in [0.25, 0.3) is 0 Å². The zero-order valence-corrected chi connectivity index (χ0v) is 18.1. The molecule has 1 aliphatic rings. The minimum absolute atomic E-state index is 0.237. The van der Waals surface area contributed by atoms with Crippen LogP contribution in [0.1, 0.15) is 57.2 Å². The number of oxazole rings is 1. The summed E-state index contributed by atoms with van der Waals surface area (Å²) in [5.41, 5.74) is 1.95. The molecule has 2 atom stereocenters. The Bertz CT molecular complexity index is 1130. The number of benzene rings is 2. The highest BCUT2D eigenvalue weighted by atomic mass is 16.5. The van der Waals surface area contributed by atoms with Gasteiger partial charge in [-0.3, -0.25) is 9.36 Å². The molecule has 164 valence electrons. The van der Waals surface area contributed by atoms with Gasteiger partial charge >= 0.3 is 5.76 Å². The van der Waals surface area contributed by atoms with E-state index in [0.29, 0.717) is 16.8 Å². The molecule has 0 radical (unpaired) electrons. The summed E-state index contributed by atoms with van der Waals surface area (Å²) >= 11 is 0. The zero-order chi connectivity index (χ0) is 22.0. The Morgan fingerprint density at radius 2 is 1.87 bits per heavy atom. The number of carbonyl (C=O) groups excluding carboxylic acids is 1. The zero-order valence-electron chi connectivity index (χ0n) is 18.1. The first-order chi connectivity index (χ1) is 15.0. The van der Waals surface area contributed by atoms with Gasteiger partial charge in [-0.15, -0.1) is 0 Å². The number of ether oxygens (including phenoxy) is 2. The van der Waals surface area contributed by atoms with Crippen molar-refractivity contribution in [3.8, 4) is 11.5 Å². The molecule has 3 aromatic rings. The van der Waals surface area contributed by atoms with Crippen LogP contribution < -0.4 is 20.5 Å². The predicted octanol–water partition coefficient (Wildman–Crippen LogP) is 4.36. The summed E-state index contributed by atoms with van der Waals surface area (Å²) in [7, 11) is 1.61. The van der Waals surface area contributed by atoms with Gasteiger partial charge in [-0.25, -0.2) is 4.79 Å². The van der Waals surface area contributed by atoms with E-state index in [4.69, 9.17) is 13.9 Å². The standard InChI is InChI=1S/C24H28N2O5/c1-15(17-12-13-21(22(14-17)29-3)30-18-8-4-5-9-18)25-23(27)16(2)26-19-10-6-7-11-20(19)31-24(26)28/h6-7,10-16,18H,4-5,8-9H2,1-3H3,(H,25,27). The van der Waals surface area contributed by atoms with E-state index < -0.39 is 11.8 Å². The Morgan fingerprint density at radius 1 is 1.13 bits per heavy atom. The summed E-state index contributed by atoms with van der Waals surface area (Å²) in [6, 6.07) is 11.8. The summed E-state index contributed by atoms with van der Waals surface area (Å²) < 4.78 is 18.2. The molecule has 1 heterocycles. The molecule has 0 aliphatic heterocycles. The second kappa shape index (κ2) is 8.88. The van der Waals surface area contributed by atoms with E-state index in [2.05, 4.69) is 5.32 Å². The van der Waals surface area contributed by atoms with Crippen LogP contribution in [0, 0.1) is 0 Å². The average molecular weight is 424 g/mol. The molecule has 7 heteroatoms. The molecule has 0 bridgehead atoms. The quantitative estimate of drug-likeness (QED) is 0.609. The van der Waals surface area contributed by atoms with E-state index in [1.54, 1.807) is 32.2 Å². The molecule has 1 aromatic heterocycles. The van der Waals surface area contributed by atoms with Crippen LogP contribution >= 0.6 is 0 Å². The van der Waals surface area contributed by atoms with Crippen LogP contribution in [0.5, 0.6) is 11.5 Å². The van der Waals surface area contributed by atoms with Crippen LogP contribution in [0.25, 0.3) is 11.1 Å². The predicted molar refractivity (Wildman–Crippen MR) is 118 cm³/mol. The van der Waals surface area contributed by atoms with Crippen LogP contribution in [0.2, 0.25) is 0 Å². The first-order valence-electron chi connectivity index (χ1n) is 10.7. The lowest BCUT2D eigenvalue weighted by atomic mass is 10.1. The Balaban J connectivity index is 1.49. The molecular formula is C24H28N2O5. The third-order valence-electron chi connectivity index (χ3n) is 5.93. The number of aromatic nitrogens is 1. The molecule has 2 aromatic carbocycles. The van der Waals surface area contributed by atoms with Crippen molar-refractivity contribution < 1.29 is 18.7 Å². The molecule has 31 heavy (non-hydrogen) atoms. The molecule has 0 spiro atoms. The number of rotatable bonds is 7. The maximum absolute atomic E-state index is 12.9. The number of hydrogen-bond donors (Lipinski definition) is 1. The maximum atomic E-state index is 12.9. The van der Waals surface area contributed by atoms with E-state index in [1.165, 1.54) is 17.4 Å². The highest BCUT2D eigenvalue weighted by molar-refractivity contribution is 5.83. The van der Waals surface area contributed by atoms with E-state index in [1.807, 2.05) is 31.2 Å². The fourth-order valence-electron chi connectivity index (χ4n) is 4.12. The molecule has 7 nitrogen and oxygen atoms in total. The Kier molecular flexibility index (Phi) is 6.02. The fourth-order valence-corrected chi connectivity index (χ4v) is 4.12. The van der Waals surface area contributed by atoms with Gasteiger partial charge in [-0.05, 0) is 69.4 Å². The Labute approximate surface area is 181 Å². The van der Waals surface area contributed by atoms with Crippen LogP contribution in [-0.2, 0) is 4.79 Å². The lowest BCUT2D eigenvalue weighted by Crippen LogP contribution is -2.35. The van der Waals surface area contributed by atoms with Crippen molar-refractivity contribution in [2.24, 2.45) is 0 Å². The third kappa shape index (κ3) is 4.31. The monoisotopic (exact) mass is 424 g/mol. The van der Waals surface area contributed by atoms with Gasteiger partial charge in [0.15, 0.2) is 17.1 Å². The number of nitrogens with zero attached hydrogens (tertiary/aromatic N) is 1. The molecule has 1 aliphatic carbocycles. The minimum Gasteiger partial charge on any atom is -0.493 e. The first-order valence-corrected chi connectivity index (χ1v) is 10.7. The summed E-state index contributed by atoms with van der Waals surface area (Å²) in [6.07, 6.45) is 4.76. The second-order valence-electron chi connectivity index (χ2n) is 8.05. The molecule has 1 N–H and O–H groups in total. The minimum atomic E-state index is -0.717. The van der Waals surface area contributed by atoms with Gasteiger partial charge in [-0.2, -0.15) is 0 Å². The lowest BCUT2D eigenvalue weighted by Gasteiger charge is -2.21. The lowest BCUT2D eigenvalue weighted by molar-refractivity contribution is -0.124. The average Bonchev–Trinajstić information content (AvgIpc) is 3.39. The number of methoxy groups -OCH3 is 1. The van der Waals surface area contributed by atoms with Gasteiger partial charge in [-0.1, -0.05) is 18.2 Å². The van der Waals surface area contributed by atoms with E-state index in [0.717, 1.165) is 24.2 Å². The molecule has 0 saturated heterocycles. The van der Waals surface area contributed by atoms with Gasteiger partial charge in [0, 0.05) is 0 Å². The second-order valence-corrected chi connectivity index (χ2v) is 8.05. The smallest absolute Gasteiger partial charge is 0.420 e. The third-order valence-corrected chi connectivity index (χ3v) is 5.93. The van der Waals surface area contributed by atoms with Crippen molar-refractivity contribution in [3.05, 3.63) is 58.6 Å². The van der Waals surface area contributed by atoms with Crippen molar-refractivity contribution in [1.82, 2.24) is 9.88 Å². The van der Waals surface area contributed by atoms with Crippen LogP contribution in [0.4, 0.5) is 0 Å². The van der Waals surface area contributed by atoms with Gasteiger partial charge in [0.2, 0.25) is 5.91 Å². The Hall–Kier alpha value is -3.22. The number of carbonyl (C=O) groups is 1. The van der Waals surface area contributed by atoms with Crippen molar-refractivity contribution in [2.75, 3.05) is 7.11 Å². The number of fused-ring (bicyclic) bond motifs is 1. The highest BCUT2D eigenvalue weighted by Gasteiger charge is 2.24. The number of para-hydroxylation sites is 2. The van der Waals surface area contributed by atoms with Crippen molar-refractivity contribution in [3.63, 3.8) is 0 Å². The van der Waals surface area contributed by atoms with Crippen molar-refractivity contribution in [1.29, 1.82) is 0 Å². The first kappa shape index (κ1) is 21.0. The number of nitrogens with one attached hydrogen (secondary N) is 1. The summed E-state index contributed by atoms with van der Waals surface area (Å²) in [5, 5.41) is 2.98. The molecule has 1 saturated carbocycles. The summed E-state index contributed by atoms with van der Waals surface area (Å²) in [6.45, 7) is 3.58. The summed E-state index contributed by atoms with van der Waals surface area (Å²) in [4.78, 5) is 25.2. The maximum Gasteiger partial charge on any atom is 0.420 e. The van der Waals surface area contributed by atoms with Gasteiger partial charge in [0.1, 0.15) is 6.04 Å². The molecule has 2 unspecified atom stereocenters. The summed E-state index contributed by atoms with van der Waals surface area (Å²) in [5.74, 6) is 0.551. The number of hydrogen-bond acceptors (Lipinski definition) is 5. The molecule has 4 rings (SSSR count). The largest absolute Gasteiger partial charge is 0.493 e. The van der Waals surface area contributed by atoms with Crippen molar-refractivity contribution in [2.45, 2.75) is 57.7 Å². The van der Waals surface area contributed by atoms with Gasteiger partial charge in [0.05, 0.1) is 24.8 Å². The highest BCUT2D eigenvalue weighted by Crippen LogP contribution is 2.33. The molecule has 1 fully saturated rings. The topological polar surface area (TPSA) is 82.7 Å². The molecule has 1 amide bonds. The van der Waals surface area contributed by atoms with Crippen LogP contribution in [-0.4, -0.2) is 23.7 Å². The van der Waals surface area contributed by atoms with Crippen LogP contribution in [0.3, 0.4) is 0 Å². The van der Waals surface area contributed by atoms with Gasteiger partial charge < -0.3 is 19.2 Å². The van der Waals surface area contributed by atoms with E-state index in [9.17, 15) is 9.59 Å². The van der Waals surface area contributed by atoms with Crippen molar-refractivity contribution >= 4 is 17.0 Å². The number of amides is 1. The SMILES string of the molecule is COc1cc(C(C)NC(=O)C(C)n2c(=O)oc3ccccc32)ccc1OC1CCCC1. The molecular weight excluding hydrogens is 396 g/mol.